The molecule has 3 rings (SSSR count). The Balaban J connectivity index is 2.14. The highest BCUT2D eigenvalue weighted by molar-refractivity contribution is 6.31. The molecule has 0 aliphatic carbocycles. The molecule has 0 aliphatic heterocycles. The van der Waals surface area contributed by atoms with Crippen LogP contribution in [0.1, 0.15) is 16.7 Å². The molecule has 36 heavy (non-hydrogen) atoms. The Bertz CT molecular complexity index is 1060. The Labute approximate surface area is 225 Å². The number of aliphatic hydroxyl groups is 6. The van der Waals surface area contributed by atoms with Crippen molar-refractivity contribution >= 4 is 34.8 Å². The third kappa shape index (κ3) is 6.78. The van der Waals surface area contributed by atoms with Gasteiger partial charge in [0.25, 0.3) is 0 Å². The molecule has 3 aromatic rings. The average Bonchev–Trinajstić information content (AvgIpc) is 2.86. The SMILES string of the molecule is OC[C@@H](O)[C@@H](O)[C@H](O)[C@](O)(Cc1ccc(Cl)cc1)C(O)(Cc1ccc(Cl)cc1)Cc1ccc(Cl)cc1. The number of benzene rings is 3. The van der Waals surface area contributed by atoms with Gasteiger partial charge in [-0.25, -0.2) is 0 Å². The third-order valence-corrected chi connectivity index (χ3v) is 7.16. The zero-order valence-electron chi connectivity index (χ0n) is 19.3. The first-order valence-electron chi connectivity index (χ1n) is 11.3. The second-order valence-electron chi connectivity index (χ2n) is 9.05. The van der Waals surface area contributed by atoms with E-state index >= 15 is 0 Å². The van der Waals surface area contributed by atoms with E-state index in [1.54, 1.807) is 72.8 Å². The minimum Gasteiger partial charge on any atom is -0.394 e. The maximum atomic E-state index is 12.2. The van der Waals surface area contributed by atoms with E-state index in [4.69, 9.17) is 34.8 Å². The zero-order chi connectivity index (χ0) is 26.5. The topological polar surface area (TPSA) is 121 Å². The van der Waals surface area contributed by atoms with Crippen LogP contribution in [0.2, 0.25) is 15.1 Å². The van der Waals surface area contributed by atoms with Gasteiger partial charge >= 0.3 is 0 Å². The maximum Gasteiger partial charge on any atom is 0.126 e. The van der Waals surface area contributed by atoms with Crippen LogP contribution in [0.3, 0.4) is 0 Å². The lowest BCUT2D eigenvalue weighted by atomic mass is 9.67. The van der Waals surface area contributed by atoms with Gasteiger partial charge in [0.2, 0.25) is 0 Å². The summed E-state index contributed by atoms with van der Waals surface area (Å²) in [6, 6.07) is 19.7. The number of aliphatic hydroxyl groups excluding tert-OH is 4. The largest absolute Gasteiger partial charge is 0.394 e. The molecule has 0 spiro atoms. The number of hydrogen-bond acceptors (Lipinski definition) is 6. The van der Waals surface area contributed by atoms with Crippen molar-refractivity contribution in [3.8, 4) is 0 Å². The fourth-order valence-electron chi connectivity index (χ4n) is 4.31. The summed E-state index contributed by atoms with van der Waals surface area (Å²) in [6.07, 6.45) is -6.37. The molecule has 0 bridgehead atoms. The molecule has 6 nitrogen and oxygen atoms in total. The molecule has 4 atom stereocenters. The summed E-state index contributed by atoms with van der Waals surface area (Å²) in [7, 11) is 0. The van der Waals surface area contributed by atoms with Crippen molar-refractivity contribution in [2.45, 2.75) is 48.8 Å². The van der Waals surface area contributed by atoms with Crippen LogP contribution in [-0.2, 0) is 19.3 Å². The molecular formula is C27H29Cl3O6. The van der Waals surface area contributed by atoms with Crippen LogP contribution in [0.15, 0.2) is 72.8 Å². The smallest absolute Gasteiger partial charge is 0.126 e. The Morgan fingerprint density at radius 1 is 0.583 bits per heavy atom. The van der Waals surface area contributed by atoms with Crippen LogP contribution in [0.25, 0.3) is 0 Å². The van der Waals surface area contributed by atoms with Crippen LogP contribution in [-0.4, -0.2) is 66.8 Å². The number of halogens is 3. The Hall–Kier alpha value is -1.71. The lowest BCUT2D eigenvalue weighted by Crippen LogP contribution is -2.68. The first-order chi connectivity index (χ1) is 17.0. The molecular weight excluding hydrogens is 527 g/mol. The Morgan fingerprint density at radius 2 is 0.917 bits per heavy atom. The highest BCUT2D eigenvalue weighted by Crippen LogP contribution is 2.38. The molecule has 6 N–H and O–H groups in total. The maximum absolute atomic E-state index is 12.2. The van der Waals surface area contributed by atoms with Crippen molar-refractivity contribution in [1.29, 1.82) is 0 Å². The highest BCUT2D eigenvalue weighted by atomic mass is 35.5. The molecule has 0 saturated carbocycles. The first-order valence-corrected chi connectivity index (χ1v) is 12.4. The van der Waals surface area contributed by atoms with Crippen LogP contribution >= 0.6 is 34.8 Å². The van der Waals surface area contributed by atoms with E-state index in [-0.39, 0.29) is 19.3 Å². The molecule has 0 aromatic heterocycles. The summed E-state index contributed by atoms with van der Waals surface area (Å²) in [5.41, 5.74) is -2.76. The molecule has 9 heteroatoms. The van der Waals surface area contributed by atoms with E-state index in [0.717, 1.165) is 0 Å². The summed E-state index contributed by atoms with van der Waals surface area (Å²) in [5.74, 6) is 0. The Morgan fingerprint density at radius 3 is 1.25 bits per heavy atom. The van der Waals surface area contributed by atoms with Crippen molar-refractivity contribution in [3.05, 3.63) is 105 Å². The summed E-state index contributed by atoms with van der Waals surface area (Å²) >= 11 is 18.0. The monoisotopic (exact) mass is 554 g/mol. The first kappa shape index (κ1) is 28.9. The van der Waals surface area contributed by atoms with Gasteiger partial charge in [-0.3, -0.25) is 0 Å². The zero-order valence-corrected chi connectivity index (χ0v) is 21.6. The third-order valence-electron chi connectivity index (χ3n) is 6.41. The second kappa shape index (κ2) is 12.2. The quantitative estimate of drug-likeness (QED) is 0.216. The van der Waals surface area contributed by atoms with Gasteiger partial charge in [0.05, 0.1) is 6.61 Å². The van der Waals surface area contributed by atoms with Crippen LogP contribution in [0.4, 0.5) is 0 Å². The van der Waals surface area contributed by atoms with Gasteiger partial charge in [0.1, 0.15) is 29.5 Å². The fourth-order valence-corrected chi connectivity index (χ4v) is 4.69. The van der Waals surface area contributed by atoms with E-state index in [9.17, 15) is 30.6 Å². The van der Waals surface area contributed by atoms with E-state index < -0.39 is 36.1 Å². The molecule has 0 unspecified atom stereocenters. The molecule has 0 radical (unpaired) electrons. The van der Waals surface area contributed by atoms with Gasteiger partial charge in [0.15, 0.2) is 0 Å². The summed E-state index contributed by atoms with van der Waals surface area (Å²) in [4.78, 5) is 0. The van der Waals surface area contributed by atoms with Gasteiger partial charge in [-0.2, -0.15) is 0 Å². The molecule has 194 valence electrons. The van der Waals surface area contributed by atoms with Crippen molar-refractivity contribution in [1.82, 2.24) is 0 Å². The molecule has 3 aromatic carbocycles. The second-order valence-corrected chi connectivity index (χ2v) is 10.4. The fraction of sp³-hybridized carbons (Fsp3) is 0.333. The van der Waals surface area contributed by atoms with Gasteiger partial charge in [-0.05, 0) is 53.1 Å². The van der Waals surface area contributed by atoms with E-state index in [1.807, 2.05) is 0 Å². The van der Waals surface area contributed by atoms with E-state index in [0.29, 0.717) is 31.8 Å². The molecule has 0 heterocycles. The van der Waals surface area contributed by atoms with Crippen LogP contribution in [0, 0.1) is 0 Å². The van der Waals surface area contributed by atoms with Gasteiger partial charge in [-0.1, -0.05) is 71.2 Å². The minimum atomic E-state index is -2.41. The summed E-state index contributed by atoms with van der Waals surface area (Å²) in [5, 5.41) is 67.1. The predicted octanol–water partition coefficient (Wildman–Crippen LogP) is 3.21. The van der Waals surface area contributed by atoms with Crippen LogP contribution in [0.5, 0.6) is 0 Å². The molecule has 0 aliphatic rings. The average molecular weight is 556 g/mol. The summed E-state index contributed by atoms with van der Waals surface area (Å²) < 4.78 is 0. The van der Waals surface area contributed by atoms with Crippen molar-refractivity contribution < 1.29 is 30.6 Å². The summed E-state index contributed by atoms with van der Waals surface area (Å²) in [6.45, 7) is -0.859. The van der Waals surface area contributed by atoms with Crippen molar-refractivity contribution in [2.75, 3.05) is 6.61 Å². The lowest BCUT2D eigenvalue weighted by Gasteiger charge is -2.48. The van der Waals surface area contributed by atoms with Gasteiger partial charge in [0, 0.05) is 34.3 Å². The normalized spacial score (nSPS) is 16.2. The highest BCUT2D eigenvalue weighted by Gasteiger charge is 2.56. The van der Waals surface area contributed by atoms with Gasteiger partial charge in [-0.15, -0.1) is 0 Å². The number of hydrogen-bond donors (Lipinski definition) is 6. The van der Waals surface area contributed by atoms with Crippen molar-refractivity contribution in [3.63, 3.8) is 0 Å². The molecule has 0 amide bonds. The predicted molar refractivity (Wildman–Crippen MR) is 140 cm³/mol. The molecule has 0 fully saturated rings. The lowest BCUT2D eigenvalue weighted by molar-refractivity contribution is -0.234. The van der Waals surface area contributed by atoms with Crippen molar-refractivity contribution in [2.24, 2.45) is 0 Å². The van der Waals surface area contributed by atoms with Crippen LogP contribution < -0.4 is 0 Å². The number of rotatable bonds is 11. The van der Waals surface area contributed by atoms with E-state index in [1.165, 1.54) is 0 Å². The molecule has 0 saturated heterocycles. The van der Waals surface area contributed by atoms with E-state index in [2.05, 4.69) is 0 Å². The standard InChI is InChI=1S/C27H29Cl3O6/c28-20-7-1-17(2-8-20)13-26(35,14-18-3-9-21(29)10-4-18)27(36,25(34)24(33)23(32)16-31)15-19-5-11-22(30)12-6-19/h1-12,23-25,31-36H,13-16H2/t23-,24-,25+,27-/m1/s1. The minimum absolute atomic E-state index is 0.143. The van der Waals surface area contributed by atoms with Gasteiger partial charge < -0.3 is 30.6 Å². The Kier molecular flexibility index (Phi) is 9.80.